The van der Waals surface area contributed by atoms with Gasteiger partial charge in [0.1, 0.15) is 5.75 Å². The van der Waals surface area contributed by atoms with Gasteiger partial charge >= 0.3 is 5.97 Å². The topological polar surface area (TPSA) is 81.7 Å². The minimum absolute atomic E-state index is 0.0491. The first kappa shape index (κ1) is 16.3. The third kappa shape index (κ3) is 3.04. The van der Waals surface area contributed by atoms with Crippen LogP contribution in [0.1, 0.15) is 20.7 Å². The van der Waals surface area contributed by atoms with Crippen LogP contribution in [0.3, 0.4) is 0 Å². The predicted molar refractivity (Wildman–Crippen MR) is 97.0 cm³/mol. The molecule has 7 heteroatoms. The number of nitrogens with one attached hydrogen (secondary N) is 1. The summed E-state index contributed by atoms with van der Waals surface area (Å²) in [5, 5.41) is 5.17. The molecule has 130 valence electrons. The Morgan fingerprint density at radius 3 is 2.92 bits per heavy atom. The number of ketones is 1. The molecule has 0 bridgehead atoms. The van der Waals surface area contributed by atoms with Gasteiger partial charge in [-0.1, -0.05) is 18.2 Å². The maximum Gasteiger partial charge on any atom is 0.340 e. The highest BCUT2D eigenvalue weighted by molar-refractivity contribution is 7.17. The Bertz CT molecular complexity index is 1040. The van der Waals surface area contributed by atoms with Gasteiger partial charge in [-0.25, -0.2) is 4.79 Å². The fraction of sp³-hybridized carbons (Fsp3) is 0.105. The molecule has 0 unspecified atom stereocenters. The smallest absolute Gasteiger partial charge is 0.340 e. The molecule has 26 heavy (non-hydrogen) atoms. The van der Waals surface area contributed by atoms with E-state index in [4.69, 9.17) is 9.47 Å². The van der Waals surface area contributed by atoms with Gasteiger partial charge in [0.2, 0.25) is 0 Å². The molecule has 1 aliphatic rings. The molecule has 6 nitrogen and oxygen atoms in total. The van der Waals surface area contributed by atoms with E-state index < -0.39 is 5.97 Å². The second-order valence-electron chi connectivity index (χ2n) is 5.69. The van der Waals surface area contributed by atoms with Gasteiger partial charge in [0.05, 0.1) is 11.3 Å². The number of hydrogen-bond acceptors (Lipinski definition) is 6. The second kappa shape index (κ2) is 6.61. The first-order chi connectivity index (χ1) is 12.6. The van der Waals surface area contributed by atoms with Crippen molar-refractivity contribution in [2.24, 2.45) is 0 Å². The fourth-order valence-corrected chi connectivity index (χ4v) is 3.61. The van der Waals surface area contributed by atoms with Crippen LogP contribution in [0.5, 0.6) is 5.75 Å². The number of anilines is 1. The van der Waals surface area contributed by atoms with Gasteiger partial charge in [-0.05, 0) is 24.3 Å². The zero-order valence-electron chi connectivity index (χ0n) is 13.5. The summed E-state index contributed by atoms with van der Waals surface area (Å²) in [6.45, 7) is -0.427. The molecule has 0 fully saturated rings. The number of fused-ring (bicyclic) bond motifs is 2. The maximum atomic E-state index is 12.3. The largest absolute Gasteiger partial charge is 0.482 e. The number of thiophene rings is 1. The zero-order valence-corrected chi connectivity index (χ0v) is 14.3. The van der Waals surface area contributed by atoms with Gasteiger partial charge in [0.15, 0.2) is 19.0 Å². The van der Waals surface area contributed by atoms with Crippen LogP contribution >= 0.6 is 11.3 Å². The molecule has 0 radical (unpaired) electrons. The summed E-state index contributed by atoms with van der Waals surface area (Å²) in [7, 11) is 0. The number of benzene rings is 2. The van der Waals surface area contributed by atoms with E-state index in [0.29, 0.717) is 22.6 Å². The van der Waals surface area contributed by atoms with E-state index in [0.717, 1.165) is 10.1 Å². The highest BCUT2D eigenvalue weighted by atomic mass is 32.1. The van der Waals surface area contributed by atoms with Crippen LogP contribution in [0.15, 0.2) is 47.8 Å². The number of hydrogen-bond donors (Lipinski definition) is 1. The van der Waals surface area contributed by atoms with Crippen LogP contribution in [-0.4, -0.2) is 30.9 Å². The molecule has 1 amide bonds. The lowest BCUT2D eigenvalue weighted by molar-refractivity contribution is -0.118. The highest BCUT2D eigenvalue weighted by Gasteiger charge is 2.19. The van der Waals surface area contributed by atoms with Gasteiger partial charge < -0.3 is 14.8 Å². The summed E-state index contributed by atoms with van der Waals surface area (Å²) in [6.07, 6.45) is 0. The van der Waals surface area contributed by atoms with Crippen molar-refractivity contribution >= 4 is 44.8 Å². The molecule has 1 aromatic heterocycles. The Morgan fingerprint density at radius 2 is 2.04 bits per heavy atom. The second-order valence-corrected chi connectivity index (χ2v) is 6.60. The summed E-state index contributed by atoms with van der Waals surface area (Å²) in [5.74, 6) is -0.674. The molecule has 1 N–H and O–H groups in total. The lowest BCUT2D eigenvalue weighted by Crippen LogP contribution is -2.25. The van der Waals surface area contributed by atoms with Crippen LogP contribution in [0.25, 0.3) is 10.1 Å². The summed E-state index contributed by atoms with van der Waals surface area (Å²) >= 11 is 1.45. The third-order valence-electron chi connectivity index (χ3n) is 3.97. The van der Waals surface area contributed by atoms with E-state index in [-0.39, 0.29) is 24.9 Å². The first-order valence-corrected chi connectivity index (χ1v) is 8.73. The molecule has 0 saturated carbocycles. The number of ether oxygens (including phenoxy) is 2. The standard InChI is InChI=1S/C19H13NO5S/c21-15(11-5-6-16-14(7-11)20-18(22)9-24-16)8-25-19(23)13-10-26-17-4-2-1-3-12(13)17/h1-7,10H,8-9H2,(H,20,22). The van der Waals surface area contributed by atoms with E-state index >= 15 is 0 Å². The van der Waals surface area contributed by atoms with Gasteiger partial charge in [-0.3, -0.25) is 9.59 Å². The minimum atomic E-state index is -0.537. The van der Waals surface area contributed by atoms with Gasteiger partial charge in [0, 0.05) is 21.0 Å². The van der Waals surface area contributed by atoms with E-state index in [2.05, 4.69) is 5.32 Å². The van der Waals surface area contributed by atoms with Crippen molar-refractivity contribution < 1.29 is 23.9 Å². The molecular formula is C19H13NO5S. The van der Waals surface area contributed by atoms with Crippen LogP contribution < -0.4 is 10.1 Å². The predicted octanol–water partition coefficient (Wildman–Crippen LogP) is 3.27. The fourth-order valence-electron chi connectivity index (χ4n) is 2.68. The average molecular weight is 367 g/mol. The van der Waals surface area contributed by atoms with Crippen LogP contribution in [0.4, 0.5) is 5.69 Å². The molecule has 0 atom stereocenters. The molecule has 0 spiro atoms. The lowest BCUT2D eigenvalue weighted by Gasteiger charge is -2.18. The Labute approximate surface area is 152 Å². The highest BCUT2D eigenvalue weighted by Crippen LogP contribution is 2.29. The van der Waals surface area contributed by atoms with Gasteiger partial charge in [0.25, 0.3) is 5.91 Å². The third-order valence-corrected chi connectivity index (χ3v) is 4.93. The average Bonchev–Trinajstić information content (AvgIpc) is 3.09. The minimum Gasteiger partial charge on any atom is -0.482 e. The Hall–Kier alpha value is -3.19. The number of esters is 1. The maximum absolute atomic E-state index is 12.3. The summed E-state index contributed by atoms with van der Waals surface area (Å²) in [6, 6.07) is 12.2. The lowest BCUT2D eigenvalue weighted by atomic mass is 10.1. The SMILES string of the molecule is O=C1COc2ccc(C(=O)COC(=O)c3csc4ccccc34)cc2N1. The normalized spacial score (nSPS) is 12.8. The molecule has 2 aromatic carbocycles. The molecule has 4 rings (SSSR count). The summed E-state index contributed by atoms with van der Waals surface area (Å²) in [5.41, 5.74) is 1.21. The van der Waals surface area contributed by atoms with E-state index in [1.807, 2.05) is 24.3 Å². The van der Waals surface area contributed by atoms with E-state index in [9.17, 15) is 14.4 Å². The molecule has 0 aliphatic carbocycles. The number of carbonyl (C=O) groups excluding carboxylic acids is 3. The van der Waals surface area contributed by atoms with Gasteiger partial charge in [-0.15, -0.1) is 11.3 Å². The van der Waals surface area contributed by atoms with Crippen LogP contribution in [0, 0.1) is 0 Å². The summed E-state index contributed by atoms with van der Waals surface area (Å²) < 4.78 is 11.4. The number of Topliss-reactive ketones (excluding diaryl/α,β-unsaturated/α-hetero) is 1. The van der Waals surface area contributed by atoms with Crippen molar-refractivity contribution in [3.05, 3.63) is 59.0 Å². The molecular weight excluding hydrogens is 354 g/mol. The number of amides is 1. The molecule has 2 heterocycles. The Kier molecular flexibility index (Phi) is 4.14. The Morgan fingerprint density at radius 1 is 1.19 bits per heavy atom. The van der Waals surface area contributed by atoms with E-state index in [1.165, 1.54) is 17.4 Å². The molecule has 0 saturated heterocycles. The summed E-state index contributed by atoms with van der Waals surface area (Å²) in [4.78, 5) is 36.0. The Balaban J connectivity index is 1.46. The first-order valence-electron chi connectivity index (χ1n) is 7.85. The number of carbonyl (C=O) groups is 3. The van der Waals surface area contributed by atoms with Crippen LogP contribution in [0.2, 0.25) is 0 Å². The van der Waals surface area contributed by atoms with Crippen molar-refractivity contribution in [2.45, 2.75) is 0 Å². The van der Waals surface area contributed by atoms with Crippen molar-refractivity contribution in [2.75, 3.05) is 18.5 Å². The van der Waals surface area contributed by atoms with Gasteiger partial charge in [-0.2, -0.15) is 0 Å². The molecule has 1 aliphatic heterocycles. The number of rotatable bonds is 4. The monoisotopic (exact) mass is 367 g/mol. The zero-order chi connectivity index (χ0) is 18.1. The van der Waals surface area contributed by atoms with Crippen molar-refractivity contribution in [3.8, 4) is 5.75 Å². The van der Waals surface area contributed by atoms with Crippen molar-refractivity contribution in [3.63, 3.8) is 0 Å². The van der Waals surface area contributed by atoms with Crippen molar-refractivity contribution in [1.82, 2.24) is 0 Å². The van der Waals surface area contributed by atoms with Crippen LogP contribution in [-0.2, 0) is 9.53 Å². The molecule has 3 aromatic rings. The van der Waals surface area contributed by atoms with E-state index in [1.54, 1.807) is 17.5 Å². The quantitative estimate of drug-likeness (QED) is 0.565. The van der Waals surface area contributed by atoms with Crippen molar-refractivity contribution in [1.29, 1.82) is 0 Å².